The summed E-state index contributed by atoms with van der Waals surface area (Å²) in [5.41, 5.74) is 5.02. The Morgan fingerprint density at radius 2 is 1.17 bits per heavy atom. The summed E-state index contributed by atoms with van der Waals surface area (Å²) >= 11 is 5.65. The fourth-order valence-corrected chi connectivity index (χ4v) is 6.08. The van der Waals surface area contributed by atoms with Gasteiger partial charge < -0.3 is 0 Å². The van der Waals surface area contributed by atoms with Crippen molar-refractivity contribution < 1.29 is 0 Å². The maximum absolute atomic E-state index is 3.77. The second-order valence-corrected chi connectivity index (χ2v) is 9.50. The van der Waals surface area contributed by atoms with Crippen molar-refractivity contribution in [2.75, 3.05) is 0 Å². The Labute approximate surface area is 187 Å². The fourth-order valence-electron chi connectivity index (χ4n) is 4.35. The first kappa shape index (κ1) is 17.9. The van der Waals surface area contributed by atoms with Crippen molar-refractivity contribution in [1.29, 1.82) is 0 Å². The zero-order valence-corrected chi connectivity index (χ0v) is 18.5. The van der Waals surface area contributed by atoms with Gasteiger partial charge in [0, 0.05) is 24.6 Å². The van der Waals surface area contributed by atoms with Gasteiger partial charge in [0.05, 0.1) is 0 Å². The highest BCUT2D eigenvalue weighted by Gasteiger charge is 2.12. The molecular formula is C28H17BrS. The molecule has 1 heterocycles. The Balaban J connectivity index is 1.61. The summed E-state index contributed by atoms with van der Waals surface area (Å²) in [4.78, 5) is 0. The van der Waals surface area contributed by atoms with Crippen LogP contribution in [-0.2, 0) is 0 Å². The number of fused-ring (bicyclic) bond motifs is 4. The molecule has 0 N–H and O–H groups in total. The summed E-state index contributed by atoms with van der Waals surface area (Å²) in [6.45, 7) is 0. The van der Waals surface area contributed by atoms with Crippen molar-refractivity contribution in [3.8, 4) is 22.3 Å². The maximum Gasteiger partial charge on any atom is 0.0433 e. The van der Waals surface area contributed by atoms with E-state index in [-0.39, 0.29) is 0 Å². The number of thiophene rings is 1. The van der Waals surface area contributed by atoms with Crippen LogP contribution in [0, 0.1) is 0 Å². The molecule has 0 aliphatic rings. The summed E-state index contributed by atoms with van der Waals surface area (Å²) < 4.78 is 3.78. The van der Waals surface area contributed by atoms with Gasteiger partial charge in [-0.05, 0) is 57.3 Å². The molecule has 0 atom stereocenters. The number of halogens is 1. The van der Waals surface area contributed by atoms with Crippen LogP contribution < -0.4 is 0 Å². The van der Waals surface area contributed by atoms with Gasteiger partial charge in [-0.3, -0.25) is 0 Å². The van der Waals surface area contributed by atoms with Gasteiger partial charge in [-0.2, -0.15) is 0 Å². The van der Waals surface area contributed by atoms with Crippen molar-refractivity contribution in [3.63, 3.8) is 0 Å². The zero-order valence-electron chi connectivity index (χ0n) is 16.1. The van der Waals surface area contributed by atoms with Crippen molar-refractivity contribution in [2.24, 2.45) is 0 Å². The van der Waals surface area contributed by atoms with E-state index in [2.05, 4.69) is 119 Å². The van der Waals surface area contributed by atoms with Crippen LogP contribution in [-0.4, -0.2) is 0 Å². The molecule has 0 nitrogen and oxygen atoms in total. The van der Waals surface area contributed by atoms with E-state index in [0.29, 0.717) is 0 Å². The third-order valence-electron chi connectivity index (χ3n) is 5.71. The molecule has 2 heteroatoms. The molecule has 6 rings (SSSR count). The minimum Gasteiger partial charge on any atom is -0.135 e. The molecule has 0 unspecified atom stereocenters. The van der Waals surface area contributed by atoms with Crippen LogP contribution in [0.3, 0.4) is 0 Å². The van der Waals surface area contributed by atoms with Crippen LogP contribution >= 0.6 is 27.3 Å². The van der Waals surface area contributed by atoms with Crippen molar-refractivity contribution in [3.05, 3.63) is 108 Å². The lowest BCUT2D eigenvalue weighted by atomic mass is 9.95. The SMILES string of the molecule is Brc1cc(-c2cccc3ccccc23)cc(-c2cccc3c2sc2ccccc23)c1. The zero-order chi connectivity index (χ0) is 20.1. The predicted molar refractivity (Wildman–Crippen MR) is 135 cm³/mol. The largest absolute Gasteiger partial charge is 0.135 e. The molecule has 6 aromatic rings. The molecule has 0 saturated heterocycles. The second-order valence-electron chi connectivity index (χ2n) is 7.54. The molecule has 5 aromatic carbocycles. The highest BCUT2D eigenvalue weighted by Crippen LogP contribution is 2.41. The summed E-state index contributed by atoms with van der Waals surface area (Å²) in [6.07, 6.45) is 0. The van der Waals surface area contributed by atoms with Crippen molar-refractivity contribution in [1.82, 2.24) is 0 Å². The van der Waals surface area contributed by atoms with E-state index in [1.54, 1.807) is 0 Å². The van der Waals surface area contributed by atoms with Gasteiger partial charge in [0.15, 0.2) is 0 Å². The van der Waals surface area contributed by atoms with E-state index in [1.165, 1.54) is 53.2 Å². The van der Waals surface area contributed by atoms with Gasteiger partial charge in [0.2, 0.25) is 0 Å². The summed E-state index contributed by atoms with van der Waals surface area (Å²) in [5, 5.41) is 5.22. The summed E-state index contributed by atoms with van der Waals surface area (Å²) in [7, 11) is 0. The van der Waals surface area contributed by atoms with Gasteiger partial charge in [-0.1, -0.05) is 94.8 Å². The van der Waals surface area contributed by atoms with E-state index < -0.39 is 0 Å². The molecular weight excluding hydrogens is 448 g/mol. The number of rotatable bonds is 2. The monoisotopic (exact) mass is 464 g/mol. The Bertz CT molecular complexity index is 1550. The van der Waals surface area contributed by atoms with Crippen molar-refractivity contribution in [2.45, 2.75) is 0 Å². The van der Waals surface area contributed by atoms with Gasteiger partial charge >= 0.3 is 0 Å². The molecule has 0 bridgehead atoms. The topological polar surface area (TPSA) is 0 Å². The Kier molecular flexibility index (Phi) is 4.22. The molecule has 0 radical (unpaired) electrons. The molecule has 0 fully saturated rings. The highest BCUT2D eigenvalue weighted by molar-refractivity contribution is 9.10. The van der Waals surface area contributed by atoms with Gasteiger partial charge in [-0.25, -0.2) is 0 Å². The van der Waals surface area contributed by atoms with Crippen LogP contribution in [0.5, 0.6) is 0 Å². The van der Waals surface area contributed by atoms with Crippen LogP contribution in [0.1, 0.15) is 0 Å². The van der Waals surface area contributed by atoms with Gasteiger partial charge in [-0.15, -0.1) is 11.3 Å². The number of benzene rings is 5. The molecule has 0 saturated carbocycles. The first-order valence-electron chi connectivity index (χ1n) is 9.97. The molecule has 0 amide bonds. The van der Waals surface area contributed by atoms with Crippen LogP contribution in [0.4, 0.5) is 0 Å². The van der Waals surface area contributed by atoms with Crippen LogP contribution in [0.25, 0.3) is 53.2 Å². The third kappa shape index (κ3) is 2.87. The minimum atomic E-state index is 1.10. The Morgan fingerprint density at radius 1 is 0.533 bits per heavy atom. The van der Waals surface area contributed by atoms with Gasteiger partial charge in [0.1, 0.15) is 0 Å². The van der Waals surface area contributed by atoms with E-state index in [1.807, 2.05) is 11.3 Å². The molecule has 0 aliphatic heterocycles. The number of hydrogen-bond donors (Lipinski definition) is 0. The highest BCUT2D eigenvalue weighted by atomic mass is 79.9. The second kappa shape index (κ2) is 7.09. The molecule has 1 aromatic heterocycles. The summed E-state index contributed by atoms with van der Waals surface area (Å²) in [5.74, 6) is 0. The smallest absolute Gasteiger partial charge is 0.0433 e. The quantitative estimate of drug-likeness (QED) is 0.239. The molecule has 142 valence electrons. The lowest BCUT2D eigenvalue weighted by Crippen LogP contribution is -1.85. The average molecular weight is 465 g/mol. The van der Waals surface area contributed by atoms with E-state index in [4.69, 9.17) is 0 Å². The normalized spacial score (nSPS) is 11.5. The van der Waals surface area contributed by atoms with Crippen molar-refractivity contribution >= 4 is 58.2 Å². The maximum atomic E-state index is 3.77. The average Bonchev–Trinajstić information content (AvgIpc) is 3.17. The lowest BCUT2D eigenvalue weighted by molar-refractivity contribution is 1.60. The molecule has 0 aliphatic carbocycles. The Hall–Kier alpha value is -2.94. The first-order valence-corrected chi connectivity index (χ1v) is 11.6. The van der Waals surface area contributed by atoms with Gasteiger partial charge in [0.25, 0.3) is 0 Å². The molecule has 0 spiro atoms. The van der Waals surface area contributed by atoms with Crippen LogP contribution in [0.2, 0.25) is 0 Å². The van der Waals surface area contributed by atoms with Crippen LogP contribution in [0.15, 0.2) is 108 Å². The first-order chi connectivity index (χ1) is 14.8. The Morgan fingerprint density at radius 3 is 2.07 bits per heavy atom. The van der Waals surface area contributed by atoms with E-state index in [0.717, 1.165) is 4.47 Å². The van der Waals surface area contributed by atoms with E-state index in [9.17, 15) is 0 Å². The standard InChI is InChI=1S/C28H17BrS/c29-21-16-19(23-11-5-8-18-7-1-2-9-22(18)23)15-20(17-21)24-12-6-13-26-25-10-3-4-14-27(25)30-28(24)26/h1-17H. The molecule has 30 heavy (non-hydrogen) atoms. The fraction of sp³-hybridized carbons (Fsp3) is 0. The van der Waals surface area contributed by atoms with E-state index >= 15 is 0 Å². The third-order valence-corrected chi connectivity index (χ3v) is 7.39. The lowest BCUT2D eigenvalue weighted by Gasteiger charge is -2.11. The minimum absolute atomic E-state index is 1.10. The number of hydrogen-bond acceptors (Lipinski definition) is 1. The summed E-state index contributed by atoms with van der Waals surface area (Å²) in [6, 6.07) is 37.2. The predicted octanol–water partition coefficient (Wildman–Crippen LogP) is 9.30.